The summed E-state index contributed by atoms with van der Waals surface area (Å²) in [5.74, 6) is 0. The van der Waals surface area contributed by atoms with Crippen molar-refractivity contribution in [2.45, 2.75) is 64.8 Å². The average molecular weight is 336 g/mol. The highest BCUT2D eigenvalue weighted by Gasteiger charge is 2.35. The van der Waals surface area contributed by atoms with Gasteiger partial charge in [-0.1, -0.05) is 68.6 Å². The fourth-order valence-corrected chi connectivity index (χ4v) is 4.74. The Morgan fingerprint density at radius 2 is 1.76 bits per heavy atom. The van der Waals surface area contributed by atoms with Crippen LogP contribution in [0.15, 0.2) is 41.6 Å². The lowest BCUT2D eigenvalue weighted by atomic mass is 9.75. The smallest absolute Gasteiger partial charge is 0.0891 e. The molecule has 0 aliphatic heterocycles. The molecule has 2 aliphatic carbocycles. The summed E-state index contributed by atoms with van der Waals surface area (Å²) in [7, 11) is 0. The maximum absolute atomic E-state index is 9.63. The van der Waals surface area contributed by atoms with Crippen molar-refractivity contribution in [1.29, 1.82) is 0 Å². The van der Waals surface area contributed by atoms with Gasteiger partial charge in [-0.3, -0.25) is 0 Å². The molecule has 1 N–H and O–H groups in total. The normalized spacial score (nSPS) is 22.1. The molecule has 1 heterocycles. The standard InChI is InChI=1S/C22H28N2O/c1-22(2)14-19(23-25)18-13-20(16-9-5-3-6-10-16)24(21(18)15-22)17-11-7-4-8-12-17/h3,5-6,9-10,13,17,25H,4,7-8,11-12,14-15H2,1-2H3. The molecule has 0 saturated heterocycles. The molecule has 3 heteroatoms. The van der Waals surface area contributed by atoms with E-state index in [9.17, 15) is 5.21 Å². The highest BCUT2D eigenvalue weighted by molar-refractivity contribution is 6.03. The van der Waals surface area contributed by atoms with Crippen molar-refractivity contribution in [1.82, 2.24) is 4.57 Å². The van der Waals surface area contributed by atoms with Crippen molar-refractivity contribution in [2.24, 2.45) is 10.6 Å². The zero-order valence-corrected chi connectivity index (χ0v) is 15.3. The molecule has 25 heavy (non-hydrogen) atoms. The van der Waals surface area contributed by atoms with Crippen molar-refractivity contribution in [2.75, 3.05) is 0 Å². The van der Waals surface area contributed by atoms with E-state index in [0.29, 0.717) is 6.04 Å². The zero-order valence-electron chi connectivity index (χ0n) is 15.3. The van der Waals surface area contributed by atoms with Crippen LogP contribution in [0.5, 0.6) is 0 Å². The van der Waals surface area contributed by atoms with Gasteiger partial charge in [-0.2, -0.15) is 0 Å². The number of hydrogen-bond acceptors (Lipinski definition) is 2. The molecular formula is C22H28N2O. The number of fused-ring (bicyclic) bond motifs is 1. The third-order valence-electron chi connectivity index (χ3n) is 5.88. The highest BCUT2D eigenvalue weighted by atomic mass is 16.4. The summed E-state index contributed by atoms with van der Waals surface area (Å²) >= 11 is 0. The van der Waals surface area contributed by atoms with Crippen LogP contribution in [0, 0.1) is 5.41 Å². The topological polar surface area (TPSA) is 37.5 Å². The second kappa shape index (κ2) is 6.36. The first-order valence-corrected chi connectivity index (χ1v) is 9.60. The van der Waals surface area contributed by atoms with Crippen LogP contribution < -0.4 is 0 Å². The van der Waals surface area contributed by atoms with Gasteiger partial charge in [0.2, 0.25) is 0 Å². The molecule has 2 aliphatic rings. The van der Waals surface area contributed by atoms with E-state index in [-0.39, 0.29) is 5.41 Å². The van der Waals surface area contributed by atoms with E-state index in [1.54, 1.807) is 0 Å². The Kier molecular flexibility index (Phi) is 4.18. The fraction of sp³-hybridized carbons (Fsp3) is 0.500. The second-order valence-corrected chi connectivity index (χ2v) is 8.48. The van der Waals surface area contributed by atoms with Gasteiger partial charge in [0.25, 0.3) is 0 Å². The molecule has 0 atom stereocenters. The van der Waals surface area contributed by atoms with Gasteiger partial charge >= 0.3 is 0 Å². The van der Waals surface area contributed by atoms with Gasteiger partial charge in [0.15, 0.2) is 0 Å². The third-order valence-corrected chi connectivity index (χ3v) is 5.88. The summed E-state index contributed by atoms with van der Waals surface area (Å²) in [6, 6.07) is 13.5. The van der Waals surface area contributed by atoms with Crippen LogP contribution in [0.1, 0.15) is 69.7 Å². The van der Waals surface area contributed by atoms with E-state index in [1.807, 2.05) is 0 Å². The Labute approximate surface area is 150 Å². The summed E-state index contributed by atoms with van der Waals surface area (Å²) in [6.07, 6.45) is 8.38. The third kappa shape index (κ3) is 3.01. The summed E-state index contributed by atoms with van der Waals surface area (Å²) in [5, 5.41) is 13.3. The van der Waals surface area contributed by atoms with Crippen LogP contribution in [0.3, 0.4) is 0 Å². The summed E-state index contributed by atoms with van der Waals surface area (Å²) in [4.78, 5) is 0. The van der Waals surface area contributed by atoms with Crippen molar-refractivity contribution in [3.8, 4) is 11.3 Å². The van der Waals surface area contributed by atoms with E-state index in [0.717, 1.165) is 24.1 Å². The van der Waals surface area contributed by atoms with Gasteiger partial charge in [0.1, 0.15) is 0 Å². The Morgan fingerprint density at radius 3 is 2.44 bits per heavy atom. The summed E-state index contributed by atoms with van der Waals surface area (Å²) in [6.45, 7) is 4.56. The number of oxime groups is 1. The molecule has 0 amide bonds. The minimum absolute atomic E-state index is 0.132. The molecule has 1 aromatic carbocycles. The van der Waals surface area contributed by atoms with E-state index in [1.165, 1.54) is 49.1 Å². The molecule has 0 bridgehead atoms. The molecule has 0 spiro atoms. The van der Waals surface area contributed by atoms with Gasteiger partial charge in [0.05, 0.1) is 5.71 Å². The van der Waals surface area contributed by atoms with Gasteiger partial charge in [-0.15, -0.1) is 0 Å². The fourth-order valence-electron chi connectivity index (χ4n) is 4.74. The number of aromatic nitrogens is 1. The predicted octanol–water partition coefficient (Wildman–Crippen LogP) is 5.81. The van der Waals surface area contributed by atoms with E-state index in [2.05, 4.69) is 60.0 Å². The van der Waals surface area contributed by atoms with Gasteiger partial charge in [0, 0.05) is 23.0 Å². The van der Waals surface area contributed by atoms with E-state index in [4.69, 9.17) is 0 Å². The number of rotatable bonds is 2. The molecule has 0 radical (unpaired) electrons. The number of benzene rings is 1. The van der Waals surface area contributed by atoms with Gasteiger partial charge < -0.3 is 9.77 Å². The first-order chi connectivity index (χ1) is 12.1. The van der Waals surface area contributed by atoms with Crippen LogP contribution in [-0.4, -0.2) is 15.5 Å². The van der Waals surface area contributed by atoms with Crippen molar-refractivity contribution >= 4 is 5.71 Å². The zero-order chi connectivity index (χ0) is 17.4. The molecule has 1 aromatic heterocycles. The second-order valence-electron chi connectivity index (χ2n) is 8.48. The van der Waals surface area contributed by atoms with Crippen molar-refractivity contribution in [3.63, 3.8) is 0 Å². The van der Waals surface area contributed by atoms with E-state index < -0.39 is 0 Å². The lowest BCUT2D eigenvalue weighted by Crippen LogP contribution is -2.29. The van der Waals surface area contributed by atoms with Crippen molar-refractivity contribution in [3.05, 3.63) is 47.7 Å². The predicted molar refractivity (Wildman–Crippen MR) is 102 cm³/mol. The largest absolute Gasteiger partial charge is 0.411 e. The first kappa shape index (κ1) is 16.4. The van der Waals surface area contributed by atoms with Crippen LogP contribution in [0.4, 0.5) is 0 Å². The van der Waals surface area contributed by atoms with Crippen molar-refractivity contribution < 1.29 is 5.21 Å². The lowest BCUT2D eigenvalue weighted by Gasteiger charge is -2.34. The van der Waals surface area contributed by atoms with Gasteiger partial charge in [-0.25, -0.2) is 0 Å². The molecule has 4 rings (SSSR count). The number of hydrogen-bond donors (Lipinski definition) is 1. The van der Waals surface area contributed by atoms with Crippen LogP contribution >= 0.6 is 0 Å². The first-order valence-electron chi connectivity index (χ1n) is 9.60. The monoisotopic (exact) mass is 336 g/mol. The highest BCUT2D eigenvalue weighted by Crippen LogP contribution is 2.43. The summed E-state index contributed by atoms with van der Waals surface area (Å²) < 4.78 is 2.59. The minimum Gasteiger partial charge on any atom is -0.411 e. The molecule has 0 unspecified atom stereocenters. The average Bonchev–Trinajstić information content (AvgIpc) is 3.00. The quantitative estimate of drug-likeness (QED) is 0.545. The van der Waals surface area contributed by atoms with Crippen LogP contribution in [0.2, 0.25) is 0 Å². The van der Waals surface area contributed by atoms with Crippen LogP contribution in [-0.2, 0) is 6.42 Å². The van der Waals surface area contributed by atoms with Gasteiger partial charge in [-0.05, 0) is 42.7 Å². The Morgan fingerprint density at radius 1 is 1.04 bits per heavy atom. The molecule has 1 fully saturated rings. The maximum atomic E-state index is 9.63. The maximum Gasteiger partial charge on any atom is 0.0891 e. The molecular weight excluding hydrogens is 308 g/mol. The minimum atomic E-state index is 0.132. The molecule has 2 aromatic rings. The van der Waals surface area contributed by atoms with E-state index >= 15 is 0 Å². The van der Waals surface area contributed by atoms with Crippen LogP contribution in [0.25, 0.3) is 11.3 Å². The number of nitrogens with zero attached hydrogens (tertiary/aromatic N) is 2. The Hall–Kier alpha value is -2.03. The molecule has 132 valence electrons. The Bertz CT molecular complexity index is 780. The lowest BCUT2D eigenvalue weighted by molar-refractivity contribution is 0.298. The summed E-state index contributed by atoms with van der Waals surface area (Å²) in [5.41, 5.74) is 6.06. The molecule has 1 saturated carbocycles. The Balaban J connectivity index is 1.91. The SMILES string of the molecule is CC1(C)CC(=NO)c2cc(-c3ccccc3)n(C3CCCCC3)c2C1. The molecule has 3 nitrogen and oxygen atoms in total.